The molecule has 2 unspecified atom stereocenters. The Balaban J connectivity index is 1.28. The summed E-state index contributed by atoms with van der Waals surface area (Å²) in [5.74, 6) is 0.506. The topological polar surface area (TPSA) is 48.0 Å². The summed E-state index contributed by atoms with van der Waals surface area (Å²) in [5.41, 5.74) is 11.0. The van der Waals surface area contributed by atoms with Crippen molar-refractivity contribution in [2.45, 2.75) is 84.3 Å². The molecule has 254 valence electrons. The molecule has 0 aliphatic heterocycles. The van der Waals surface area contributed by atoms with Gasteiger partial charge < -0.3 is 14.2 Å². The zero-order valence-electron chi connectivity index (χ0n) is 29.4. The lowest BCUT2D eigenvalue weighted by Gasteiger charge is -2.31. The van der Waals surface area contributed by atoms with Crippen molar-refractivity contribution < 1.29 is 19.0 Å². The second-order valence-electron chi connectivity index (χ2n) is 12.9. The fourth-order valence-electron chi connectivity index (χ4n) is 6.84. The number of rotatable bonds is 17. The smallest absolute Gasteiger partial charge is 0.335 e. The minimum Gasteiger partial charge on any atom is -0.492 e. The number of fused-ring (bicyclic) bond motifs is 2. The maximum Gasteiger partial charge on any atom is 0.335 e. The van der Waals surface area contributed by atoms with E-state index in [1.165, 1.54) is 51.8 Å². The highest BCUT2D eigenvalue weighted by Crippen LogP contribution is 2.37. The van der Waals surface area contributed by atoms with Crippen LogP contribution in [-0.4, -0.2) is 50.4 Å². The molecule has 48 heavy (non-hydrogen) atoms. The van der Waals surface area contributed by atoms with Crippen LogP contribution in [0.25, 0.3) is 0 Å². The Morgan fingerprint density at radius 1 is 0.750 bits per heavy atom. The van der Waals surface area contributed by atoms with Gasteiger partial charge in [-0.25, -0.2) is 4.79 Å². The van der Waals surface area contributed by atoms with Gasteiger partial charge in [0.25, 0.3) is 0 Å². The molecule has 5 heteroatoms. The third-order valence-corrected chi connectivity index (χ3v) is 9.45. The molecule has 5 rings (SSSR count). The van der Waals surface area contributed by atoms with Gasteiger partial charge in [-0.15, -0.1) is 0 Å². The number of esters is 1. The summed E-state index contributed by atoms with van der Waals surface area (Å²) >= 11 is 0. The van der Waals surface area contributed by atoms with Gasteiger partial charge in [-0.3, -0.25) is 4.90 Å². The average Bonchev–Trinajstić information content (AvgIpc) is 3.27. The van der Waals surface area contributed by atoms with Gasteiger partial charge in [0.2, 0.25) is 0 Å². The fraction of sp³-hybridized carbons (Fsp3) is 0.419. The van der Waals surface area contributed by atoms with E-state index in [1.54, 1.807) is 0 Å². The molecule has 0 fully saturated rings. The molecule has 0 saturated heterocycles. The summed E-state index contributed by atoms with van der Waals surface area (Å²) in [6.45, 7) is 8.13. The maximum absolute atomic E-state index is 12.3. The molecule has 4 aromatic rings. The molecule has 0 radical (unpaired) electrons. The lowest BCUT2D eigenvalue weighted by atomic mass is 9.90. The van der Waals surface area contributed by atoms with Crippen LogP contribution >= 0.6 is 0 Å². The maximum atomic E-state index is 12.3. The molecule has 2 atom stereocenters. The van der Waals surface area contributed by atoms with Gasteiger partial charge in [-0.1, -0.05) is 92.2 Å². The first-order valence-electron chi connectivity index (χ1n) is 18.0. The van der Waals surface area contributed by atoms with E-state index in [4.69, 9.17) is 14.2 Å². The predicted octanol–water partition coefficient (Wildman–Crippen LogP) is 8.52. The predicted molar refractivity (Wildman–Crippen MR) is 195 cm³/mol. The highest BCUT2D eigenvalue weighted by molar-refractivity contribution is 5.75. The third kappa shape index (κ3) is 9.58. The van der Waals surface area contributed by atoms with Crippen LogP contribution in [-0.2, 0) is 52.8 Å². The van der Waals surface area contributed by atoms with Crippen LogP contribution in [0.1, 0.15) is 84.2 Å². The van der Waals surface area contributed by atoms with E-state index in [9.17, 15) is 4.79 Å². The van der Waals surface area contributed by atoms with Gasteiger partial charge in [0.1, 0.15) is 12.4 Å². The Morgan fingerprint density at radius 3 is 2.00 bits per heavy atom. The first-order valence-corrected chi connectivity index (χ1v) is 18.0. The largest absolute Gasteiger partial charge is 0.492 e. The van der Waals surface area contributed by atoms with Crippen molar-refractivity contribution in [1.29, 1.82) is 0 Å². The number of benzene rings is 4. The normalized spacial score (nSPS) is 14.6. The summed E-state index contributed by atoms with van der Waals surface area (Å²) in [6, 6.07) is 33.4. The van der Waals surface area contributed by atoms with Crippen LogP contribution in [0.5, 0.6) is 5.75 Å². The van der Waals surface area contributed by atoms with E-state index in [0.29, 0.717) is 26.2 Å². The lowest BCUT2D eigenvalue weighted by molar-refractivity contribution is -0.156. The molecule has 0 heterocycles. The molecule has 0 amide bonds. The monoisotopic (exact) mass is 647 g/mol. The lowest BCUT2D eigenvalue weighted by Crippen LogP contribution is -2.30. The number of carbonyl (C=O) groups is 1. The van der Waals surface area contributed by atoms with Crippen LogP contribution < -0.4 is 4.74 Å². The molecule has 0 bridgehead atoms. The molecule has 1 aliphatic rings. The van der Waals surface area contributed by atoms with Crippen molar-refractivity contribution in [3.63, 3.8) is 0 Å². The summed E-state index contributed by atoms with van der Waals surface area (Å²) in [7, 11) is 2.23. The molecular formula is C43H53NO4. The van der Waals surface area contributed by atoms with Crippen molar-refractivity contribution in [3.05, 3.63) is 136 Å². The Bertz CT molecular complexity index is 1580. The van der Waals surface area contributed by atoms with E-state index in [1.807, 2.05) is 38.1 Å². The highest BCUT2D eigenvalue weighted by atomic mass is 16.6. The number of hydrogen-bond acceptors (Lipinski definition) is 5. The Hall–Kier alpha value is -3.93. The van der Waals surface area contributed by atoms with Gasteiger partial charge in [0.15, 0.2) is 6.10 Å². The summed E-state index contributed by atoms with van der Waals surface area (Å²) in [5, 5.41) is 0. The third-order valence-electron chi connectivity index (χ3n) is 9.45. The van der Waals surface area contributed by atoms with Crippen molar-refractivity contribution in [2.24, 2.45) is 0 Å². The second kappa shape index (κ2) is 18.0. The van der Waals surface area contributed by atoms with Gasteiger partial charge in [0.05, 0.1) is 12.6 Å². The highest BCUT2D eigenvalue weighted by Gasteiger charge is 2.27. The van der Waals surface area contributed by atoms with Crippen LogP contribution in [0.4, 0.5) is 0 Å². The van der Waals surface area contributed by atoms with Crippen LogP contribution in [0, 0.1) is 0 Å². The van der Waals surface area contributed by atoms with E-state index in [0.717, 1.165) is 50.0 Å². The molecule has 0 saturated carbocycles. The number of carbonyl (C=O) groups excluding carboxylic acids is 1. The Kier molecular flexibility index (Phi) is 13.3. The number of hydrogen-bond donors (Lipinski definition) is 0. The standard InChI is InChI=1S/C43H53NO4/c1-5-8-12-33-19-25-39-36(29-33)21-22-37-30-34(16-15-32-13-10-9-11-14-32)20-26-40(37)42(39)44(4)27-28-48-38-23-17-35(18-24-38)31-41(46-6-2)43(45)47-7-3/h9-11,13-14,17-20,23-26,29-30,41-42H,5-8,12,15-16,21-22,27-28,31H2,1-4H3. The van der Waals surface area contributed by atoms with Crippen LogP contribution in [0.2, 0.25) is 0 Å². The van der Waals surface area contributed by atoms with Gasteiger partial charge in [-0.2, -0.15) is 0 Å². The summed E-state index contributed by atoms with van der Waals surface area (Å²) in [6.07, 6.45) is 7.70. The molecule has 0 N–H and O–H groups in total. The van der Waals surface area contributed by atoms with Crippen LogP contribution in [0.15, 0.2) is 91.0 Å². The van der Waals surface area contributed by atoms with E-state index in [2.05, 4.69) is 85.6 Å². The fourth-order valence-corrected chi connectivity index (χ4v) is 6.84. The van der Waals surface area contributed by atoms with Gasteiger partial charge in [-0.05, 0) is 116 Å². The van der Waals surface area contributed by atoms with Gasteiger partial charge in [0, 0.05) is 19.6 Å². The molecule has 1 aliphatic carbocycles. The quantitative estimate of drug-likeness (QED) is 0.108. The average molecular weight is 648 g/mol. The summed E-state index contributed by atoms with van der Waals surface area (Å²) < 4.78 is 17.1. The zero-order chi connectivity index (χ0) is 33.7. The molecule has 4 aromatic carbocycles. The number of likely N-dealkylation sites (N-methyl/N-ethyl adjacent to an activating group) is 1. The molecule has 0 spiro atoms. The number of nitrogens with zero attached hydrogens (tertiary/aromatic N) is 1. The number of ether oxygens (including phenoxy) is 3. The molecule has 5 nitrogen and oxygen atoms in total. The van der Waals surface area contributed by atoms with Crippen molar-refractivity contribution in [2.75, 3.05) is 33.4 Å². The van der Waals surface area contributed by atoms with E-state index < -0.39 is 6.10 Å². The molecule has 0 aromatic heterocycles. The minimum atomic E-state index is -0.594. The van der Waals surface area contributed by atoms with E-state index in [-0.39, 0.29) is 12.0 Å². The van der Waals surface area contributed by atoms with Gasteiger partial charge >= 0.3 is 5.97 Å². The van der Waals surface area contributed by atoms with Crippen molar-refractivity contribution >= 4 is 5.97 Å². The first kappa shape index (κ1) is 35.4. The minimum absolute atomic E-state index is 0.172. The number of aryl methyl sites for hydroxylation is 5. The Morgan fingerprint density at radius 2 is 1.38 bits per heavy atom. The Labute approximate surface area is 288 Å². The molecular weight excluding hydrogens is 594 g/mol. The van der Waals surface area contributed by atoms with Crippen LogP contribution in [0.3, 0.4) is 0 Å². The van der Waals surface area contributed by atoms with Crippen molar-refractivity contribution in [3.8, 4) is 5.75 Å². The second-order valence-corrected chi connectivity index (χ2v) is 12.9. The summed E-state index contributed by atoms with van der Waals surface area (Å²) in [4.78, 5) is 14.8. The van der Waals surface area contributed by atoms with Crippen molar-refractivity contribution in [1.82, 2.24) is 4.90 Å². The zero-order valence-corrected chi connectivity index (χ0v) is 29.4. The SMILES string of the molecule is CCCCc1ccc2c(c1)CCc1cc(CCc3ccccc3)ccc1C2N(C)CCOc1ccc(CC(OCC)C(=O)OCC)cc1. The van der Waals surface area contributed by atoms with E-state index >= 15 is 0 Å². The number of unbranched alkanes of at least 4 members (excludes halogenated alkanes) is 1. The first-order chi connectivity index (χ1) is 23.5.